The molecule has 1 unspecified atom stereocenters. The topological polar surface area (TPSA) is 384 Å². The van der Waals surface area contributed by atoms with Crippen LogP contribution < -0.4 is 15.2 Å². The van der Waals surface area contributed by atoms with Crippen molar-refractivity contribution in [3.8, 4) is 62.1 Å². The first-order chi connectivity index (χ1) is 56.9. The van der Waals surface area contributed by atoms with Gasteiger partial charge in [0, 0.05) is 61.2 Å². The highest BCUT2D eigenvalue weighted by molar-refractivity contribution is 9.10. The van der Waals surface area contributed by atoms with Crippen LogP contribution in [0.1, 0.15) is 80.4 Å². The van der Waals surface area contributed by atoms with Crippen LogP contribution in [0.2, 0.25) is 25.1 Å². The molecule has 1 atom stereocenters. The maximum Gasteiger partial charge on any atom is 0.338 e. The summed E-state index contributed by atoms with van der Waals surface area (Å²) in [5.74, 6) is -12.2. The van der Waals surface area contributed by atoms with Crippen molar-refractivity contribution in [1.82, 2.24) is 0 Å². The number of carboxylic acids is 2. The number of carboxylic acid groups (broad SMARTS) is 2. The molecule has 0 heterocycles. The second kappa shape index (κ2) is 45.5. The molecule has 23 nitrogen and oxygen atoms in total. The number of nitrogens with two attached hydrogens (primary N) is 1. The number of esters is 2. The largest absolute Gasteiger partial charge is 0.749 e. The third kappa shape index (κ3) is 27.1. The van der Waals surface area contributed by atoms with Crippen molar-refractivity contribution in [1.29, 1.82) is 0 Å². The Kier molecular flexibility index (Phi) is 38.3. The molecule has 0 aliphatic carbocycles. The summed E-state index contributed by atoms with van der Waals surface area (Å²) in [7, 11) is -2.47. The fourth-order valence-corrected chi connectivity index (χ4v) is 17.6. The molecule has 41 heteroatoms. The standard InChI is InChI=1S/C22H17ClF2O5S.C21H15ClF2O5S.C12H9F2N.C10H11ClO3.C8H8BrClO.C8H6Cl2O5S.ClHO3S/c1-12-15(22(27)30-2)9-17(23)20(26)21(12)31(28,29)11-14-8-16(19(25)10-18(14)24)13-6-4-3-5-7-13;1-11-14(21(26)27)8-16(22)19(25)20(11)30(28,29)10-13-7-15(18(24)9-17(13)23)12-5-3-2-4-6-12;13-10-7-11(14)12(15)6-9(10)8-4-2-1-3-5-8;1-6-4-9(13-2)8(11)5-7(6)10(12)14-3;1-5-3-8(11-2)7(10)4-6(5)9;1-3-4(8(12)13)2-5(9)6(11)7(3)16(10,14)15;1-4-5(2)3/h3-10,26H,11H2,1-2H3;2-9,25H,10H2,1H3,(H,26,27);1-7H,15H2;4-5H,1-3H3;3-4H,1-2H3;2,11H,1H3,(H,12,13);(H,2,3)/p-1. The SMILES string of the molecule is COC(=O)c1cc(Cl)c(O)c(S(=O)(=O)Cc2cc(-c3ccccc3)c(F)cc2F)c1C.COC(=O)c1cc(Cl)c(OC)cc1C.COc1cc(C)c(Br)cc1Cl.Cc1c(C(=O)O)cc(Cl)c(O)c1S(=O)(=O)Cc1cc(-c2ccccc2)c(F)cc1F.Cc1c(C(=O)O)cc(Cl)c(O)c1S(=O)(=O)Cl.Nc1cc(-c2ccccc2)c(F)cc1F.O=S([O-])OCl. The maximum absolute atomic E-state index is 14.5. The zero-order valence-corrected chi connectivity index (χ0v) is 74.4. The third-order valence-corrected chi connectivity index (χ3v) is 24.6. The van der Waals surface area contributed by atoms with E-state index in [1.54, 1.807) is 111 Å². The Bertz CT molecular complexity index is 6140. The number of sulfone groups is 2. The highest BCUT2D eigenvalue weighted by atomic mass is 79.9. The van der Waals surface area contributed by atoms with Crippen LogP contribution in [0.25, 0.3) is 33.4 Å². The van der Waals surface area contributed by atoms with Crippen LogP contribution in [-0.2, 0) is 64.8 Å². The lowest BCUT2D eigenvalue weighted by atomic mass is 10.0. The van der Waals surface area contributed by atoms with E-state index in [0.717, 1.165) is 59.1 Å². The van der Waals surface area contributed by atoms with Gasteiger partial charge in [-0.15, -0.1) is 0 Å². The van der Waals surface area contributed by atoms with Gasteiger partial charge in [-0.25, -0.2) is 75.0 Å². The summed E-state index contributed by atoms with van der Waals surface area (Å²) >= 11 is 34.0. The zero-order chi connectivity index (χ0) is 92.1. The Balaban J connectivity index is 0.000000268. The average Bonchev–Trinajstić information content (AvgIpc) is 0.772. The molecule has 0 aromatic heterocycles. The van der Waals surface area contributed by atoms with E-state index in [4.69, 9.17) is 97.8 Å². The van der Waals surface area contributed by atoms with Crippen LogP contribution >= 0.6 is 96.5 Å². The van der Waals surface area contributed by atoms with Crippen LogP contribution in [0.4, 0.5) is 32.0 Å². The smallest absolute Gasteiger partial charge is 0.338 e. The molecular formula is C81H66BrCl7F6NO22S4-. The lowest BCUT2D eigenvalue weighted by Gasteiger charge is -2.15. The number of carbonyl (C=O) groups is 4. The number of aromatic hydroxyl groups is 3. The van der Waals surface area contributed by atoms with Crippen LogP contribution in [-0.4, -0.2) is 112 Å². The molecule has 650 valence electrons. The van der Waals surface area contributed by atoms with Gasteiger partial charge in [0.15, 0.2) is 36.9 Å². The van der Waals surface area contributed by atoms with E-state index >= 15 is 0 Å². The number of phenolic OH excluding ortho intramolecular Hbond substituents is 3. The number of benzene rings is 11. The number of nitrogen functional groups attached to an aromatic ring is 1. The molecule has 11 rings (SSSR count). The van der Waals surface area contributed by atoms with Crippen LogP contribution in [0.15, 0.2) is 189 Å². The number of carbonyl (C=O) groups excluding carboxylic acids is 2. The second-order valence-corrected chi connectivity index (χ2v) is 34.9. The Morgan fingerprint density at radius 2 is 0.746 bits per heavy atom. The van der Waals surface area contributed by atoms with Gasteiger partial charge in [-0.1, -0.05) is 165 Å². The van der Waals surface area contributed by atoms with Crippen molar-refractivity contribution in [2.75, 3.05) is 34.2 Å². The molecule has 122 heavy (non-hydrogen) atoms. The van der Waals surface area contributed by atoms with Gasteiger partial charge in [-0.2, -0.15) is 3.74 Å². The van der Waals surface area contributed by atoms with Crippen molar-refractivity contribution < 1.29 is 128 Å². The van der Waals surface area contributed by atoms with Gasteiger partial charge in [0.05, 0.1) is 105 Å². The minimum atomic E-state index is -4.45. The third-order valence-electron chi connectivity index (χ3n) is 16.8. The van der Waals surface area contributed by atoms with E-state index in [2.05, 4.69) is 41.0 Å². The Morgan fingerprint density at radius 1 is 0.443 bits per heavy atom. The predicted molar refractivity (Wildman–Crippen MR) is 454 cm³/mol. The van der Waals surface area contributed by atoms with Crippen LogP contribution in [0.5, 0.6) is 28.7 Å². The summed E-state index contributed by atoms with van der Waals surface area (Å²) in [4.78, 5) is 43.4. The summed E-state index contributed by atoms with van der Waals surface area (Å²) < 4.78 is 200. The Hall–Kier alpha value is -9.89. The van der Waals surface area contributed by atoms with Crippen LogP contribution in [0.3, 0.4) is 0 Å². The predicted octanol–water partition coefficient (Wildman–Crippen LogP) is 21.0. The minimum absolute atomic E-state index is 0.000429. The van der Waals surface area contributed by atoms with Gasteiger partial charge in [0.1, 0.15) is 72.5 Å². The van der Waals surface area contributed by atoms with Gasteiger partial charge >= 0.3 is 23.9 Å². The number of phenols is 3. The number of ether oxygens (including phenoxy) is 4. The molecule has 11 aromatic rings. The molecular weight excluding hydrogens is 1910 g/mol. The molecule has 0 amide bonds. The lowest BCUT2D eigenvalue weighted by molar-refractivity contribution is 0.0590. The average molecular weight is 1980 g/mol. The van der Waals surface area contributed by atoms with Gasteiger partial charge in [0.2, 0.25) is 0 Å². The van der Waals surface area contributed by atoms with E-state index in [1.165, 1.54) is 41.1 Å². The molecule has 0 spiro atoms. The Labute approximate surface area is 740 Å². The van der Waals surface area contributed by atoms with E-state index in [-0.39, 0.29) is 65.8 Å². The first-order valence-corrected chi connectivity index (χ1v) is 43.2. The summed E-state index contributed by atoms with van der Waals surface area (Å²) in [6.45, 7) is 7.50. The minimum Gasteiger partial charge on any atom is -0.749 e. The number of rotatable bonds is 17. The number of aromatic carboxylic acids is 2. The molecule has 11 aromatic carbocycles. The number of hydrogen-bond donors (Lipinski definition) is 6. The van der Waals surface area contributed by atoms with Gasteiger partial charge < -0.3 is 54.8 Å². The van der Waals surface area contributed by atoms with E-state index in [0.29, 0.717) is 61.5 Å². The molecule has 0 aliphatic rings. The first kappa shape index (κ1) is 103. The number of methoxy groups -OCH3 is 4. The molecule has 7 N–H and O–H groups in total. The van der Waals surface area contributed by atoms with E-state index in [9.17, 15) is 91.2 Å². The summed E-state index contributed by atoms with van der Waals surface area (Å²) in [5.41, 5.74) is 7.51. The van der Waals surface area contributed by atoms with Crippen LogP contribution in [0, 0.1) is 69.5 Å². The van der Waals surface area contributed by atoms with E-state index in [1.807, 2.05) is 25.1 Å². The number of aryl methyl sites for hydroxylation is 2. The second-order valence-electron chi connectivity index (χ2n) is 24.8. The van der Waals surface area contributed by atoms with E-state index < -0.39 is 153 Å². The quantitative estimate of drug-likeness (QED) is 0.0162. The van der Waals surface area contributed by atoms with Crippen molar-refractivity contribution in [2.24, 2.45) is 0 Å². The summed E-state index contributed by atoms with van der Waals surface area (Å²) in [6.07, 6.45) is 0. The highest BCUT2D eigenvalue weighted by Gasteiger charge is 2.33. The number of halogens is 14. The monoisotopic (exact) mass is 1970 g/mol. The molecule has 0 saturated carbocycles. The summed E-state index contributed by atoms with van der Waals surface area (Å²) in [5, 5.41) is 47.8. The fraction of sp³-hybridized carbons (Fsp3) is 0.136. The number of anilines is 1. The number of hydrogen-bond acceptors (Lipinski definition) is 21. The van der Waals surface area contributed by atoms with Crippen molar-refractivity contribution in [3.63, 3.8) is 0 Å². The first-order valence-electron chi connectivity index (χ1n) is 33.6. The fourth-order valence-electron chi connectivity index (χ4n) is 10.9. The summed E-state index contributed by atoms with van der Waals surface area (Å²) in [6, 6.07) is 40.7. The van der Waals surface area contributed by atoms with Gasteiger partial charge in [-0.3, -0.25) is 0 Å². The van der Waals surface area contributed by atoms with Crippen molar-refractivity contribution >= 4 is 166 Å². The lowest BCUT2D eigenvalue weighted by Crippen LogP contribution is -2.13. The van der Waals surface area contributed by atoms with Crippen molar-refractivity contribution in [3.05, 3.63) is 296 Å². The zero-order valence-electron chi connectivity index (χ0n) is 64.3. The molecule has 0 saturated heterocycles. The molecule has 0 fully saturated rings. The maximum atomic E-state index is 14.5. The van der Waals surface area contributed by atoms with Gasteiger partial charge in [0.25, 0.3) is 9.05 Å². The molecule has 0 aliphatic heterocycles. The molecule has 0 radical (unpaired) electrons. The van der Waals surface area contributed by atoms with Crippen molar-refractivity contribution in [2.45, 2.75) is 60.8 Å². The normalized spacial score (nSPS) is 11.1. The molecule has 0 bridgehead atoms. The highest BCUT2D eigenvalue weighted by Crippen LogP contribution is 2.43. The van der Waals surface area contributed by atoms with Gasteiger partial charge in [-0.05, 0) is 140 Å². The Morgan fingerprint density at radius 3 is 1.09 bits per heavy atom.